The topological polar surface area (TPSA) is 87.5 Å². The van der Waals surface area contributed by atoms with E-state index in [4.69, 9.17) is 11.6 Å². The second-order valence-electron chi connectivity index (χ2n) is 6.28. The average molecular weight is 420 g/mol. The maximum absolute atomic E-state index is 13.5. The Morgan fingerprint density at radius 1 is 1.17 bits per heavy atom. The van der Waals surface area contributed by atoms with Crippen LogP contribution in [0.15, 0.2) is 47.8 Å². The van der Waals surface area contributed by atoms with Gasteiger partial charge in [-0.2, -0.15) is 5.10 Å². The standard InChI is InChI=1S/C19H16ClF2N5O2/c1-11(2-3-18(28)26-17-9-16(20)23-10-24-17)19(29)27-15(4-5-25-27)12-6-13(21)8-14(22)7-12/h5-10,15H,1-4H2,(H,23,24,26,28). The van der Waals surface area contributed by atoms with Crippen molar-refractivity contribution in [2.75, 3.05) is 5.32 Å². The first-order valence-electron chi connectivity index (χ1n) is 8.60. The molecule has 0 saturated heterocycles. The van der Waals surface area contributed by atoms with Crippen LogP contribution in [0.1, 0.15) is 30.9 Å². The molecule has 2 heterocycles. The summed E-state index contributed by atoms with van der Waals surface area (Å²) in [6.07, 6.45) is 3.06. The summed E-state index contributed by atoms with van der Waals surface area (Å²) in [4.78, 5) is 32.3. The summed E-state index contributed by atoms with van der Waals surface area (Å²) >= 11 is 5.73. The molecule has 1 aliphatic heterocycles. The van der Waals surface area contributed by atoms with E-state index in [0.717, 1.165) is 23.2 Å². The molecular weight excluding hydrogens is 404 g/mol. The van der Waals surface area contributed by atoms with Gasteiger partial charge in [-0.1, -0.05) is 18.2 Å². The van der Waals surface area contributed by atoms with Gasteiger partial charge >= 0.3 is 0 Å². The lowest BCUT2D eigenvalue weighted by molar-refractivity contribution is -0.129. The second-order valence-corrected chi connectivity index (χ2v) is 6.67. The fraction of sp³-hybridized carbons (Fsp3) is 0.211. The minimum atomic E-state index is -0.736. The van der Waals surface area contributed by atoms with Crippen LogP contribution in [0.5, 0.6) is 0 Å². The predicted octanol–water partition coefficient (Wildman–Crippen LogP) is 3.64. The molecule has 1 atom stereocenters. The third-order valence-electron chi connectivity index (χ3n) is 4.17. The largest absolute Gasteiger partial charge is 0.311 e. The fourth-order valence-electron chi connectivity index (χ4n) is 2.79. The predicted molar refractivity (Wildman–Crippen MR) is 103 cm³/mol. The zero-order valence-electron chi connectivity index (χ0n) is 15.1. The number of nitrogens with one attached hydrogen (secondary N) is 1. The molecule has 7 nitrogen and oxygen atoms in total. The lowest BCUT2D eigenvalue weighted by Crippen LogP contribution is -2.28. The van der Waals surface area contributed by atoms with Crippen LogP contribution >= 0.6 is 11.6 Å². The molecule has 150 valence electrons. The molecule has 2 amide bonds. The zero-order valence-corrected chi connectivity index (χ0v) is 15.9. The van der Waals surface area contributed by atoms with Crippen molar-refractivity contribution in [1.29, 1.82) is 0 Å². The summed E-state index contributed by atoms with van der Waals surface area (Å²) in [5.41, 5.74) is 0.432. The normalized spacial score (nSPS) is 15.4. The quantitative estimate of drug-likeness (QED) is 0.572. The Morgan fingerprint density at radius 3 is 2.59 bits per heavy atom. The van der Waals surface area contributed by atoms with Crippen LogP contribution in [0, 0.1) is 11.6 Å². The number of aromatic nitrogens is 2. The molecule has 0 aliphatic carbocycles. The van der Waals surface area contributed by atoms with E-state index in [2.05, 4.69) is 27.0 Å². The van der Waals surface area contributed by atoms with Crippen LogP contribution in [0.25, 0.3) is 0 Å². The summed E-state index contributed by atoms with van der Waals surface area (Å²) in [5.74, 6) is -2.14. The smallest absolute Gasteiger partial charge is 0.269 e. The SMILES string of the molecule is C=C(CCC(=O)Nc1cc(Cl)ncn1)C(=O)N1N=CCC1c1cc(F)cc(F)c1. The van der Waals surface area contributed by atoms with Crippen LogP contribution in [-0.4, -0.2) is 33.0 Å². The molecule has 2 aromatic rings. The van der Waals surface area contributed by atoms with Crippen LogP contribution in [-0.2, 0) is 9.59 Å². The van der Waals surface area contributed by atoms with E-state index in [0.29, 0.717) is 12.0 Å². The van der Waals surface area contributed by atoms with Crippen molar-refractivity contribution in [3.05, 3.63) is 65.1 Å². The molecule has 1 unspecified atom stereocenters. The minimum Gasteiger partial charge on any atom is -0.311 e. The Hall–Kier alpha value is -3.20. The van der Waals surface area contributed by atoms with Gasteiger partial charge in [0.25, 0.3) is 5.91 Å². The molecule has 0 saturated carbocycles. The van der Waals surface area contributed by atoms with Crippen LogP contribution in [0.3, 0.4) is 0 Å². The van der Waals surface area contributed by atoms with Gasteiger partial charge < -0.3 is 5.32 Å². The molecular formula is C19H16ClF2N5O2. The minimum absolute atomic E-state index is 0.0248. The first kappa shape index (κ1) is 20.5. The molecule has 1 aromatic carbocycles. The molecule has 1 aromatic heterocycles. The first-order valence-corrected chi connectivity index (χ1v) is 8.98. The van der Waals surface area contributed by atoms with Gasteiger partial charge in [0.15, 0.2) is 0 Å². The number of anilines is 1. The first-order chi connectivity index (χ1) is 13.8. The Bertz CT molecular complexity index is 978. The van der Waals surface area contributed by atoms with Crippen molar-refractivity contribution in [3.63, 3.8) is 0 Å². The summed E-state index contributed by atoms with van der Waals surface area (Å²) in [6, 6.07) is 3.83. The van der Waals surface area contributed by atoms with E-state index in [9.17, 15) is 18.4 Å². The Kier molecular flexibility index (Phi) is 6.28. The molecule has 3 rings (SSSR count). The van der Waals surface area contributed by atoms with Crippen LogP contribution in [0.2, 0.25) is 5.15 Å². The highest BCUT2D eigenvalue weighted by Crippen LogP contribution is 2.30. The van der Waals surface area contributed by atoms with Gasteiger partial charge in [0, 0.05) is 36.8 Å². The van der Waals surface area contributed by atoms with Crippen molar-refractivity contribution < 1.29 is 18.4 Å². The molecule has 0 spiro atoms. The van der Waals surface area contributed by atoms with Crippen LogP contribution in [0.4, 0.5) is 14.6 Å². The second kappa shape index (κ2) is 8.87. The van der Waals surface area contributed by atoms with Crippen molar-refractivity contribution in [3.8, 4) is 0 Å². The van der Waals surface area contributed by atoms with E-state index in [1.165, 1.54) is 18.6 Å². The van der Waals surface area contributed by atoms with E-state index in [-0.39, 0.29) is 35.3 Å². The third kappa shape index (κ3) is 5.20. The number of hydrogen-bond donors (Lipinski definition) is 1. The van der Waals surface area contributed by atoms with Crippen molar-refractivity contribution >= 4 is 35.4 Å². The summed E-state index contributed by atoms with van der Waals surface area (Å²) < 4.78 is 27.0. The lowest BCUT2D eigenvalue weighted by Gasteiger charge is -2.23. The summed E-state index contributed by atoms with van der Waals surface area (Å²) in [6.45, 7) is 3.72. The van der Waals surface area contributed by atoms with Gasteiger partial charge in [0.1, 0.15) is 28.9 Å². The van der Waals surface area contributed by atoms with E-state index in [1.54, 1.807) is 0 Å². The highest BCUT2D eigenvalue weighted by atomic mass is 35.5. The Labute approximate surface area is 170 Å². The number of hydrogen-bond acceptors (Lipinski definition) is 5. The number of amides is 2. The molecule has 0 fully saturated rings. The number of rotatable bonds is 6. The average Bonchev–Trinajstić information content (AvgIpc) is 3.14. The van der Waals surface area contributed by atoms with Gasteiger partial charge in [-0.15, -0.1) is 0 Å². The monoisotopic (exact) mass is 419 g/mol. The molecule has 1 aliphatic rings. The number of hydrazone groups is 1. The molecule has 29 heavy (non-hydrogen) atoms. The van der Waals surface area contributed by atoms with Gasteiger partial charge in [-0.3, -0.25) is 9.59 Å². The lowest BCUT2D eigenvalue weighted by atomic mass is 10.0. The number of nitrogens with zero attached hydrogens (tertiary/aromatic N) is 4. The number of benzene rings is 1. The number of carbonyl (C=O) groups excluding carboxylic acids is 2. The Morgan fingerprint density at radius 2 is 1.90 bits per heavy atom. The van der Waals surface area contributed by atoms with Gasteiger partial charge in [-0.05, 0) is 24.1 Å². The van der Waals surface area contributed by atoms with Crippen LogP contribution < -0.4 is 5.32 Å². The van der Waals surface area contributed by atoms with Crippen molar-refractivity contribution in [2.24, 2.45) is 5.10 Å². The Balaban J connectivity index is 1.59. The third-order valence-corrected chi connectivity index (χ3v) is 4.37. The maximum atomic E-state index is 13.5. The highest BCUT2D eigenvalue weighted by Gasteiger charge is 2.30. The molecule has 1 N–H and O–H groups in total. The highest BCUT2D eigenvalue weighted by molar-refractivity contribution is 6.29. The van der Waals surface area contributed by atoms with E-state index >= 15 is 0 Å². The van der Waals surface area contributed by atoms with Crippen molar-refractivity contribution in [1.82, 2.24) is 15.0 Å². The van der Waals surface area contributed by atoms with Gasteiger partial charge in [0.05, 0.1) is 6.04 Å². The summed E-state index contributed by atoms with van der Waals surface area (Å²) in [5, 5.41) is 7.85. The van der Waals surface area contributed by atoms with E-state index < -0.39 is 23.6 Å². The number of halogens is 3. The van der Waals surface area contributed by atoms with E-state index in [1.807, 2.05) is 0 Å². The molecule has 0 bridgehead atoms. The van der Waals surface area contributed by atoms with Gasteiger partial charge in [-0.25, -0.2) is 23.8 Å². The fourth-order valence-corrected chi connectivity index (χ4v) is 2.94. The molecule has 10 heteroatoms. The van der Waals surface area contributed by atoms with Crippen molar-refractivity contribution in [2.45, 2.75) is 25.3 Å². The number of carbonyl (C=O) groups is 2. The zero-order chi connectivity index (χ0) is 21.0. The molecule has 0 radical (unpaired) electrons. The summed E-state index contributed by atoms with van der Waals surface area (Å²) in [7, 11) is 0. The van der Waals surface area contributed by atoms with Gasteiger partial charge in [0.2, 0.25) is 5.91 Å². The maximum Gasteiger partial charge on any atom is 0.269 e.